The van der Waals surface area contributed by atoms with Crippen molar-refractivity contribution in [2.45, 2.75) is 26.7 Å². The second-order valence-corrected chi connectivity index (χ2v) is 4.18. The Morgan fingerprint density at radius 3 is 2.71 bits per heavy atom. The number of aldehydes is 1. The minimum Gasteiger partial charge on any atom is -0.303 e. The first-order chi connectivity index (χ1) is 6.63. The lowest BCUT2D eigenvalue weighted by Gasteiger charge is -2.12. The van der Waals surface area contributed by atoms with Gasteiger partial charge < -0.3 is 4.79 Å². The van der Waals surface area contributed by atoms with E-state index in [0.717, 1.165) is 24.8 Å². The first-order valence-electron chi connectivity index (χ1n) is 5.05. The molecule has 1 heterocycles. The van der Waals surface area contributed by atoms with E-state index in [0.29, 0.717) is 5.92 Å². The first-order valence-corrected chi connectivity index (χ1v) is 5.05. The molecule has 0 radical (unpaired) electrons. The Kier molecular flexibility index (Phi) is 3.86. The molecular weight excluding hydrogens is 176 g/mol. The van der Waals surface area contributed by atoms with E-state index in [9.17, 15) is 4.79 Å². The van der Waals surface area contributed by atoms with Crippen LogP contribution in [0.4, 0.5) is 0 Å². The van der Waals surface area contributed by atoms with Gasteiger partial charge in [0.1, 0.15) is 6.29 Å². The van der Waals surface area contributed by atoms with Crippen LogP contribution in [0.25, 0.3) is 0 Å². The van der Waals surface area contributed by atoms with Gasteiger partial charge in [-0.2, -0.15) is 5.10 Å². The van der Waals surface area contributed by atoms with Crippen LogP contribution >= 0.6 is 0 Å². The van der Waals surface area contributed by atoms with Gasteiger partial charge in [-0.1, -0.05) is 13.8 Å². The maximum atomic E-state index is 10.8. The summed E-state index contributed by atoms with van der Waals surface area (Å²) in [5.74, 6) is 0.698. The van der Waals surface area contributed by atoms with E-state index in [1.54, 1.807) is 6.20 Å². The molecule has 0 aromatic carbocycles. The second kappa shape index (κ2) is 4.94. The molecule has 78 valence electrons. The Hall–Kier alpha value is -1.12. The molecule has 0 aliphatic rings. The SMILES string of the molecule is CC(C)CC(C=O)Cc1ccnn1C. The topological polar surface area (TPSA) is 34.9 Å². The maximum absolute atomic E-state index is 10.8. The molecule has 1 rings (SSSR count). The summed E-state index contributed by atoms with van der Waals surface area (Å²) >= 11 is 0. The summed E-state index contributed by atoms with van der Waals surface area (Å²) < 4.78 is 1.83. The van der Waals surface area contributed by atoms with Crippen molar-refractivity contribution in [3.8, 4) is 0 Å². The van der Waals surface area contributed by atoms with Gasteiger partial charge in [0.25, 0.3) is 0 Å². The molecule has 1 aromatic rings. The van der Waals surface area contributed by atoms with E-state index in [-0.39, 0.29) is 5.92 Å². The summed E-state index contributed by atoms with van der Waals surface area (Å²) in [5.41, 5.74) is 1.13. The highest BCUT2D eigenvalue weighted by Gasteiger charge is 2.12. The maximum Gasteiger partial charge on any atom is 0.123 e. The van der Waals surface area contributed by atoms with Crippen LogP contribution in [0.5, 0.6) is 0 Å². The molecule has 14 heavy (non-hydrogen) atoms. The molecule has 3 nitrogen and oxygen atoms in total. The molecular formula is C11H18N2O. The Morgan fingerprint density at radius 2 is 2.29 bits per heavy atom. The zero-order valence-electron chi connectivity index (χ0n) is 9.10. The summed E-state index contributed by atoms with van der Waals surface area (Å²) in [6.45, 7) is 4.28. The Balaban J connectivity index is 2.57. The highest BCUT2D eigenvalue weighted by atomic mass is 16.1. The van der Waals surface area contributed by atoms with Gasteiger partial charge >= 0.3 is 0 Å². The van der Waals surface area contributed by atoms with E-state index in [1.165, 1.54) is 0 Å². The standard InChI is InChI=1S/C11H18N2O/c1-9(2)6-10(8-14)7-11-4-5-12-13(11)3/h4-5,8-10H,6-7H2,1-3H3. The number of nitrogens with zero attached hydrogens (tertiary/aromatic N) is 2. The first kappa shape index (κ1) is 11.0. The van der Waals surface area contributed by atoms with Crippen LogP contribution in [0.15, 0.2) is 12.3 Å². The van der Waals surface area contributed by atoms with Crippen molar-refractivity contribution in [2.75, 3.05) is 0 Å². The summed E-state index contributed by atoms with van der Waals surface area (Å²) in [5, 5.41) is 4.08. The van der Waals surface area contributed by atoms with Gasteiger partial charge in [0.2, 0.25) is 0 Å². The summed E-state index contributed by atoms with van der Waals surface area (Å²) in [4.78, 5) is 10.8. The van der Waals surface area contributed by atoms with Gasteiger partial charge in [-0.25, -0.2) is 0 Å². The van der Waals surface area contributed by atoms with Gasteiger partial charge in [-0.15, -0.1) is 0 Å². The molecule has 3 heteroatoms. The molecule has 0 saturated carbocycles. The van der Waals surface area contributed by atoms with Crippen molar-refractivity contribution < 1.29 is 4.79 Å². The normalized spacial score (nSPS) is 13.1. The van der Waals surface area contributed by atoms with Gasteiger partial charge in [0, 0.05) is 24.9 Å². The van der Waals surface area contributed by atoms with Crippen molar-refractivity contribution in [3.05, 3.63) is 18.0 Å². The number of aryl methyl sites for hydroxylation is 1. The number of hydrogen-bond acceptors (Lipinski definition) is 2. The lowest BCUT2D eigenvalue weighted by Crippen LogP contribution is -2.12. The molecule has 0 amide bonds. The summed E-state index contributed by atoms with van der Waals surface area (Å²) in [6, 6.07) is 1.97. The number of carbonyl (C=O) groups excluding carboxylic acids is 1. The van der Waals surface area contributed by atoms with Gasteiger partial charge in [-0.05, 0) is 24.8 Å². The minimum absolute atomic E-state index is 0.130. The van der Waals surface area contributed by atoms with Crippen molar-refractivity contribution in [2.24, 2.45) is 18.9 Å². The minimum atomic E-state index is 0.130. The van der Waals surface area contributed by atoms with Crippen LogP contribution in [-0.4, -0.2) is 16.1 Å². The average molecular weight is 194 g/mol. The quantitative estimate of drug-likeness (QED) is 0.670. The van der Waals surface area contributed by atoms with Gasteiger partial charge in [0.05, 0.1) is 0 Å². The number of hydrogen-bond donors (Lipinski definition) is 0. The van der Waals surface area contributed by atoms with Gasteiger partial charge in [0.15, 0.2) is 0 Å². The lowest BCUT2D eigenvalue weighted by atomic mass is 9.94. The number of aromatic nitrogens is 2. The third kappa shape index (κ3) is 2.98. The zero-order chi connectivity index (χ0) is 10.6. The van der Waals surface area contributed by atoms with Crippen LogP contribution in [0.2, 0.25) is 0 Å². The molecule has 1 unspecified atom stereocenters. The molecule has 0 saturated heterocycles. The van der Waals surface area contributed by atoms with E-state index in [2.05, 4.69) is 18.9 Å². The molecule has 0 aliphatic carbocycles. The number of carbonyl (C=O) groups is 1. The number of rotatable bonds is 5. The zero-order valence-corrected chi connectivity index (χ0v) is 9.10. The monoisotopic (exact) mass is 194 g/mol. The van der Waals surface area contributed by atoms with E-state index in [1.807, 2.05) is 17.8 Å². The third-order valence-electron chi connectivity index (χ3n) is 2.36. The highest BCUT2D eigenvalue weighted by Crippen LogP contribution is 2.14. The fourth-order valence-corrected chi connectivity index (χ4v) is 1.66. The van der Waals surface area contributed by atoms with Gasteiger partial charge in [-0.3, -0.25) is 4.68 Å². The third-order valence-corrected chi connectivity index (χ3v) is 2.36. The van der Waals surface area contributed by atoms with E-state index >= 15 is 0 Å². The van der Waals surface area contributed by atoms with Crippen molar-refractivity contribution in [1.82, 2.24) is 9.78 Å². The Labute approximate surface area is 85.1 Å². The predicted octanol–water partition coefficient (Wildman–Crippen LogP) is 1.82. The molecule has 1 atom stereocenters. The van der Waals surface area contributed by atoms with Crippen molar-refractivity contribution in [1.29, 1.82) is 0 Å². The van der Waals surface area contributed by atoms with Crippen LogP contribution in [0.1, 0.15) is 26.0 Å². The summed E-state index contributed by atoms with van der Waals surface area (Å²) in [7, 11) is 1.91. The fourth-order valence-electron chi connectivity index (χ4n) is 1.66. The molecule has 1 aromatic heterocycles. The highest BCUT2D eigenvalue weighted by molar-refractivity contribution is 5.54. The Morgan fingerprint density at radius 1 is 1.57 bits per heavy atom. The van der Waals surface area contributed by atoms with Crippen LogP contribution < -0.4 is 0 Å². The molecule has 0 spiro atoms. The summed E-state index contributed by atoms with van der Waals surface area (Å²) in [6.07, 6.45) is 4.59. The van der Waals surface area contributed by atoms with E-state index < -0.39 is 0 Å². The average Bonchev–Trinajstić information content (AvgIpc) is 2.50. The van der Waals surface area contributed by atoms with Crippen molar-refractivity contribution >= 4 is 6.29 Å². The smallest absolute Gasteiger partial charge is 0.123 e. The Bertz CT molecular complexity index is 291. The van der Waals surface area contributed by atoms with Crippen molar-refractivity contribution in [3.63, 3.8) is 0 Å². The lowest BCUT2D eigenvalue weighted by molar-refractivity contribution is -0.111. The molecule has 0 aliphatic heterocycles. The molecule has 0 fully saturated rings. The fraction of sp³-hybridized carbons (Fsp3) is 0.636. The van der Waals surface area contributed by atoms with Crippen LogP contribution in [0, 0.1) is 11.8 Å². The second-order valence-electron chi connectivity index (χ2n) is 4.18. The molecule has 0 N–H and O–H groups in total. The molecule has 0 bridgehead atoms. The largest absolute Gasteiger partial charge is 0.303 e. The van der Waals surface area contributed by atoms with E-state index in [4.69, 9.17) is 0 Å². The van der Waals surface area contributed by atoms with Crippen LogP contribution in [-0.2, 0) is 18.3 Å². The predicted molar refractivity (Wildman–Crippen MR) is 55.9 cm³/mol. The van der Waals surface area contributed by atoms with Crippen LogP contribution in [0.3, 0.4) is 0 Å².